The van der Waals surface area contributed by atoms with Gasteiger partial charge in [0, 0.05) is 16.5 Å². The molecule has 0 saturated carbocycles. The molecule has 124 valence electrons. The van der Waals surface area contributed by atoms with Gasteiger partial charge in [-0.05, 0) is 47.9 Å². The first-order chi connectivity index (χ1) is 12.8. The second kappa shape index (κ2) is 5.89. The van der Waals surface area contributed by atoms with Gasteiger partial charge in [-0.3, -0.25) is 0 Å². The Morgan fingerprint density at radius 1 is 0.615 bits per heavy atom. The Morgan fingerprint density at radius 3 is 2.19 bits per heavy atom. The minimum absolute atomic E-state index is 1.21. The largest absolute Gasteiger partial charge is 0.309 e. The van der Waals surface area contributed by atoms with Crippen LogP contribution in [0.4, 0.5) is 0 Å². The molecule has 0 fully saturated rings. The highest BCUT2D eigenvalue weighted by Crippen LogP contribution is 2.38. The maximum atomic E-state index is 2.38. The molecule has 0 amide bonds. The lowest BCUT2D eigenvalue weighted by Gasteiger charge is -2.09. The molecule has 1 heteroatoms. The lowest BCUT2D eigenvalue weighted by atomic mass is 9.99. The average Bonchev–Trinajstić information content (AvgIpc) is 3.03. The molecule has 0 saturated heterocycles. The average molecular weight is 333 g/mol. The monoisotopic (exact) mass is 333 g/mol. The SMILES string of the molecule is Cc1cccc(-n2c3ccccc3c3c(-c4ccccc4)cccc32)c1. The highest BCUT2D eigenvalue weighted by atomic mass is 15.0. The van der Waals surface area contributed by atoms with E-state index >= 15 is 0 Å². The van der Waals surface area contributed by atoms with Crippen LogP contribution in [0.25, 0.3) is 38.6 Å². The molecule has 26 heavy (non-hydrogen) atoms. The third kappa shape index (κ3) is 2.25. The van der Waals surface area contributed by atoms with Crippen LogP contribution in [0.5, 0.6) is 0 Å². The van der Waals surface area contributed by atoms with Crippen LogP contribution < -0.4 is 0 Å². The summed E-state index contributed by atoms with van der Waals surface area (Å²) < 4.78 is 2.38. The fourth-order valence-corrected chi connectivity index (χ4v) is 3.92. The van der Waals surface area contributed by atoms with Crippen molar-refractivity contribution in [1.82, 2.24) is 4.57 Å². The molecule has 0 aliphatic heterocycles. The van der Waals surface area contributed by atoms with Crippen molar-refractivity contribution in [2.24, 2.45) is 0 Å². The van der Waals surface area contributed by atoms with Crippen LogP contribution in [0.1, 0.15) is 5.56 Å². The Hall–Kier alpha value is -3.32. The minimum atomic E-state index is 1.21. The van der Waals surface area contributed by atoms with Gasteiger partial charge in [0.05, 0.1) is 11.0 Å². The quantitative estimate of drug-likeness (QED) is 0.336. The van der Waals surface area contributed by atoms with E-state index in [0.29, 0.717) is 0 Å². The van der Waals surface area contributed by atoms with Crippen LogP contribution in [-0.4, -0.2) is 4.57 Å². The number of aryl methyl sites for hydroxylation is 1. The van der Waals surface area contributed by atoms with Crippen LogP contribution in [0.15, 0.2) is 97.1 Å². The third-order valence-corrected chi connectivity index (χ3v) is 5.04. The normalized spacial score (nSPS) is 11.3. The van der Waals surface area contributed by atoms with Gasteiger partial charge in [-0.2, -0.15) is 0 Å². The van der Waals surface area contributed by atoms with E-state index in [1.54, 1.807) is 0 Å². The smallest absolute Gasteiger partial charge is 0.0547 e. The topological polar surface area (TPSA) is 4.93 Å². The van der Waals surface area contributed by atoms with E-state index in [1.807, 2.05) is 0 Å². The summed E-state index contributed by atoms with van der Waals surface area (Å²) in [5, 5.41) is 2.61. The highest BCUT2D eigenvalue weighted by Gasteiger charge is 2.15. The molecule has 5 aromatic rings. The van der Waals surface area contributed by atoms with Crippen molar-refractivity contribution in [3.8, 4) is 16.8 Å². The van der Waals surface area contributed by atoms with Crippen molar-refractivity contribution in [3.63, 3.8) is 0 Å². The van der Waals surface area contributed by atoms with E-state index < -0.39 is 0 Å². The number of nitrogens with zero attached hydrogens (tertiary/aromatic N) is 1. The number of hydrogen-bond acceptors (Lipinski definition) is 0. The summed E-state index contributed by atoms with van der Waals surface area (Å²) in [4.78, 5) is 0. The Morgan fingerprint density at radius 2 is 1.35 bits per heavy atom. The van der Waals surface area contributed by atoms with E-state index in [9.17, 15) is 0 Å². The molecule has 1 heterocycles. The van der Waals surface area contributed by atoms with Gasteiger partial charge in [-0.25, -0.2) is 0 Å². The molecule has 4 aromatic carbocycles. The first-order valence-corrected chi connectivity index (χ1v) is 8.97. The fraction of sp³-hybridized carbons (Fsp3) is 0.0400. The second-order valence-electron chi connectivity index (χ2n) is 6.76. The summed E-state index contributed by atoms with van der Waals surface area (Å²) in [6.45, 7) is 2.15. The first-order valence-electron chi connectivity index (χ1n) is 8.97. The van der Waals surface area contributed by atoms with Crippen LogP contribution in [0.2, 0.25) is 0 Å². The lowest BCUT2D eigenvalue weighted by molar-refractivity contribution is 1.17. The van der Waals surface area contributed by atoms with E-state index in [-0.39, 0.29) is 0 Å². The van der Waals surface area contributed by atoms with Gasteiger partial charge in [-0.15, -0.1) is 0 Å². The maximum Gasteiger partial charge on any atom is 0.0547 e. The van der Waals surface area contributed by atoms with Crippen molar-refractivity contribution in [2.75, 3.05) is 0 Å². The molecule has 0 aliphatic rings. The van der Waals surface area contributed by atoms with E-state index in [4.69, 9.17) is 0 Å². The third-order valence-electron chi connectivity index (χ3n) is 5.04. The van der Waals surface area contributed by atoms with E-state index in [2.05, 4.69) is 109 Å². The Kier molecular flexibility index (Phi) is 3.39. The van der Waals surface area contributed by atoms with Gasteiger partial charge in [0.15, 0.2) is 0 Å². The molecule has 0 aliphatic carbocycles. The molecule has 1 aromatic heterocycles. The van der Waals surface area contributed by atoms with Crippen molar-refractivity contribution in [2.45, 2.75) is 6.92 Å². The maximum absolute atomic E-state index is 2.38. The zero-order valence-corrected chi connectivity index (χ0v) is 14.7. The molecule has 0 N–H and O–H groups in total. The molecule has 0 radical (unpaired) electrons. The van der Waals surface area contributed by atoms with Gasteiger partial charge >= 0.3 is 0 Å². The van der Waals surface area contributed by atoms with Crippen molar-refractivity contribution >= 4 is 21.8 Å². The Labute approximate surface area is 153 Å². The molecule has 5 rings (SSSR count). The van der Waals surface area contributed by atoms with Gasteiger partial charge < -0.3 is 4.57 Å². The van der Waals surface area contributed by atoms with Gasteiger partial charge in [0.1, 0.15) is 0 Å². The van der Waals surface area contributed by atoms with E-state index in [1.165, 1.54) is 44.2 Å². The number of aromatic nitrogens is 1. The van der Waals surface area contributed by atoms with Gasteiger partial charge in [-0.1, -0.05) is 72.8 Å². The fourth-order valence-electron chi connectivity index (χ4n) is 3.92. The van der Waals surface area contributed by atoms with Crippen molar-refractivity contribution in [1.29, 1.82) is 0 Å². The predicted octanol–water partition coefficient (Wildman–Crippen LogP) is 6.76. The van der Waals surface area contributed by atoms with Crippen LogP contribution in [0, 0.1) is 6.92 Å². The van der Waals surface area contributed by atoms with Crippen LogP contribution in [-0.2, 0) is 0 Å². The molecular weight excluding hydrogens is 314 g/mol. The standard InChI is InChI=1S/C25H19N/c1-18-9-7-12-20(17-18)26-23-15-6-5-13-22(23)25-21(14-8-16-24(25)26)19-10-3-2-4-11-19/h2-17H,1H3. The number of para-hydroxylation sites is 1. The molecule has 0 bridgehead atoms. The zero-order chi connectivity index (χ0) is 17.5. The summed E-state index contributed by atoms with van der Waals surface area (Å²) in [5.74, 6) is 0. The number of benzene rings is 4. The molecular formula is C25H19N. The predicted molar refractivity (Wildman–Crippen MR) is 111 cm³/mol. The van der Waals surface area contributed by atoms with Crippen molar-refractivity contribution in [3.05, 3.63) is 103 Å². The minimum Gasteiger partial charge on any atom is -0.309 e. The summed E-state index contributed by atoms with van der Waals surface area (Å²) >= 11 is 0. The van der Waals surface area contributed by atoms with Crippen LogP contribution in [0.3, 0.4) is 0 Å². The molecule has 0 unspecified atom stereocenters. The molecule has 1 nitrogen and oxygen atoms in total. The zero-order valence-electron chi connectivity index (χ0n) is 14.7. The van der Waals surface area contributed by atoms with Gasteiger partial charge in [0.25, 0.3) is 0 Å². The van der Waals surface area contributed by atoms with Crippen LogP contribution >= 0.6 is 0 Å². The summed E-state index contributed by atoms with van der Waals surface area (Å²) in [7, 11) is 0. The molecule has 0 spiro atoms. The highest BCUT2D eigenvalue weighted by molar-refractivity contribution is 6.15. The Balaban J connectivity index is 1.95. The summed E-state index contributed by atoms with van der Waals surface area (Å²) in [5.41, 5.74) is 7.51. The first kappa shape index (κ1) is 15.0. The number of fused-ring (bicyclic) bond motifs is 3. The van der Waals surface area contributed by atoms with E-state index in [0.717, 1.165) is 0 Å². The molecule has 0 atom stereocenters. The number of hydrogen-bond donors (Lipinski definition) is 0. The van der Waals surface area contributed by atoms with Crippen molar-refractivity contribution < 1.29 is 0 Å². The summed E-state index contributed by atoms with van der Waals surface area (Å²) in [6, 6.07) is 34.7. The second-order valence-corrected chi connectivity index (χ2v) is 6.76. The van der Waals surface area contributed by atoms with Gasteiger partial charge in [0.2, 0.25) is 0 Å². The number of rotatable bonds is 2. The Bertz CT molecular complexity index is 1230. The summed E-state index contributed by atoms with van der Waals surface area (Å²) in [6.07, 6.45) is 0. The lowest BCUT2D eigenvalue weighted by Crippen LogP contribution is -1.94.